The topological polar surface area (TPSA) is 46.9 Å². The summed E-state index contributed by atoms with van der Waals surface area (Å²) in [7, 11) is 0. The molecule has 2 unspecified atom stereocenters. The highest BCUT2D eigenvalue weighted by Gasteiger charge is 2.24. The number of β-amino-alcohol motifs (C(OH)–C–C–N with tert-alkyl or cyclic N) is 1. The van der Waals surface area contributed by atoms with Crippen LogP contribution in [0.3, 0.4) is 0 Å². The van der Waals surface area contributed by atoms with Gasteiger partial charge in [0.1, 0.15) is 0 Å². The van der Waals surface area contributed by atoms with E-state index in [4.69, 9.17) is 0 Å². The summed E-state index contributed by atoms with van der Waals surface area (Å²) in [4.78, 5) is 5.09. The average molecular weight is 595 g/mol. The lowest BCUT2D eigenvalue weighted by Gasteiger charge is -2.40. The van der Waals surface area contributed by atoms with Crippen LogP contribution in [0.1, 0.15) is 194 Å². The van der Waals surface area contributed by atoms with E-state index in [0.717, 1.165) is 32.2 Å². The smallest absolute Gasteiger partial charge is 0.0897 e. The maximum atomic E-state index is 9.83. The van der Waals surface area contributed by atoms with Crippen LogP contribution in [0.2, 0.25) is 0 Å². The van der Waals surface area contributed by atoms with Crippen LogP contribution in [-0.2, 0) is 0 Å². The summed E-state index contributed by atoms with van der Waals surface area (Å²) in [5, 5.41) is 19.0. The maximum absolute atomic E-state index is 9.83. The fourth-order valence-electron chi connectivity index (χ4n) is 6.97. The van der Waals surface area contributed by atoms with E-state index in [1.807, 2.05) is 0 Å². The van der Waals surface area contributed by atoms with Gasteiger partial charge in [0.2, 0.25) is 0 Å². The lowest BCUT2D eigenvalue weighted by molar-refractivity contribution is 0.0284. The molecular formula is C38H78N2O2. The highest BCUT2D eigenvalue weighted by atomic mass is 16.3. The third-order valence-corrected chi connectivity index (χ3v) is 9.88. The molecule has 2 atom stereocenters. The van der Waals surface area contributed by atoms with Crippen molar-refractivity contribution >= 4 is 0 Å². The van der Waals surface area contributed by atoms with Crippen molar-refractivity contribution in [2.24, 2.45) is 0 Å². The maximum Gasteiger partial charge on any atom is 0.0897 e. The summed E-state index contributed by atoms with van der Waals surface area (Å²) >= 11 is 0. The lowest BCUT2D eigenvalue weighted by atomic mass is 9.98. The van der Waals surface area contributed by atoms with Gasteiger partial charge in [-0.3, -0.25) is 9.80 Å². The van der Waals surface area contributed by atoms with Gasteiger partial charge in [-0.2, -0.15) is 0 Å². The Hall–Kier alpha value is -0.160. The molecule has 0 aromatic rings. The lowest BCUT2D eigenvalue weighted by Crippen LogP contribution is -2.52. The van der Waals surface area contributed by atoms with Crippen molar-refractivity contribution in [1.82, 2.24) is 9.80 Å². The molecule has 0 aliphatic carbocycles. The Labute approximate surface area is 264 Å². The van der Waals surface area contributed by atoms with E-state index in [2.05, 4.69) is 23.6 Å². The molecule has 1 rings (SSSR count). The first-order valence-corrected chi connectivity index (χ1v) is 19.5. The zero-order valence-electron chi connectivity index (χ0n) is 29.0. The third-order valence-electron chi connectivity index (χ3n) is 9.88. The molecule has 42 heavy (non-hydrogen) atoms. The molecule has 4 nitrogen and oxygen atoms in total. The average Bonchev–Trinajstić information content (AvgIpc) is 3.01. The van der Waals surface area contributed by atoms with Crippen LogP contribution in [0.25, 0.3) is 0 Å². The summed E-state index contributed by atoms with van der Waals surface area (Å²) < 4.78 is 0. The van der Waals surface area contributed by atoms with Gasteiger partial charge in [-0.1, -0.05) is 181 Å². The van der Waals surface area contributed by atoms with Gasteiger partial charge in [-0.15, -0.1) is 0 Å². The Kier molecular flexibility index (Phi) is 29.3. The molecule has 0 bridgehead atoms. The molecule has 2 N–H and O–H groups in total. The second-order valence-corrected chi connectivity index (χ2v) is 13.9. The molecule has 0 saturated carbocycles. The summed E-state index contributed by atoms with van der Waals surface area (Å²) in [6, 6.07) is 0.747. The van der Waals surface area contributed by atoms with Gasteiger partial charge in [0.15, 0.2) is 0 Å². The molecule has 0 aromatic carbocycles. The normalized spacial score (nSPS) is 16.3. The monoisotopic (exact) mass is 595 g/mol. The van der Waals surface area contributed by atoms with Crippen LogP contribution in [0.5, 0.6) is 0 Å². The molecule has 0 aromatic heterocycles. The van der Waals surface area contributed by atoms with E-state index in [9.17, 15) is 10.2 Å². The molecule has 1 heterocycles. The Bertz CT molecular complexity index is 523. The molecule has 0 radical (unpaired) electrons. The molecule has 1 aliphatic heterocycles. The number of aliphatic hydroxyl groups excluding tert-OH is 2. The first-order chi connectivity index (χ1) is 20.7. The number of hydrogen-bond donors (Lipinski definition) is 2. The van der Waals surface area contributed by atoms with Gasteiger partial charge in [-0.05, 0) is 12.8 Å². The number of nitrogens with zero attached hydrogens (tertiary/aromatic N) is 2. The molecule has 1 fully saturated rings. The fraction of sp³-hybridized carbons (Fsp3) is 1.00. The SMILES string of the molecule is CCCCCCCCCCCCCCCCCCCCCC(CCCCCCCCC)N1CCN(CC(O)CO)CC1. The van der Waals surface area contributed by atoms with Crippen molar-refractivity contribution < 1.29 is 10.2 Å². The van der Waals surface area contributed by atoms with E-state index < -0.39 is 6.10 Å². The summed E-state index contributed by atoms with van der Waals surface area (Å²) in [5.41, 5.74) is 0. The summed E-state index contributed by atoms with van der Waals surface area (Å²) in [6.45, 7) is 9.41. The largest absolute Gasteiger partial charge is 0.394 e. The molecule has 0 spiro atoms. The van der Waals surface area contributed by atoms with Gasteiger partial charge < -0.3 is 10.2 Å². The van der Waals surface area contributed by atoms with Gasteiger partial charge >= 0.3 is 0 Å². The zero-order valence-corrected chi connectivity index (χ0v) is 29.0. The molecule has 1 saturated heterocycles. The number of unbranched alkanes of at least 4 members (excludes halogenated alkanes) is 24. The quantitative estimate of drug-likeness (QED) is 0.0761. The second-order valence-electron chi connectivity index (χ2n) is 13.9. The zero-order chi connectivity index (χ0) is 30.4. The number of rotatable bonds is 32. The minimum atomic E-state index is -0.593. The van der Waals surface area contributed by atoms with E-state index in [1.54, 1.807) is 0 Å². The van der Waals surface area contributed by atoms with Gasteiger partial charge in [-0.25, -0.2) is 0 Å². The minimum absolute atomic E-state index is 0.125. The minimum Gasteiger partial charge on any atom is -0.394 e. The van der Waals surface area contributed by atoms with Crippen molar-refractivity contribution in [2.45, 2.75) is 206 Å². The van der Waals surface area contributed by atoms with Crippen LogP contribution in [0.15, 0.2) is 0 Å². The fourth-order valence-corrected chi connectivity index (χ4v) is 6.97. The van der Waals surface area contributed by atoms with Crippen molar-refractivity contribution in [3.8, 4) is 0 Å². The van der Waals surface area contributed by atoms with E-state index in [0.29, 0.717) is 6.54 Å². The Morgan fingerprint density at radius 2 is 0.762 bits per heavy atom. The van der Waals surface area contributed by atoms with Gasteiger partial charge in [0, 0.05) is 38.8 Å². The van der Waals surface area contributed by atoms with Crippen molar-refractivity contribution in [3.05, 3.63) is 0 Å². The molecule has 1 aliphatic rings. The van der Waals surface area contributed by atoms with Crippen LogP contribution in [0.4, 0.5) is 0 Å². The predicted octanol–water partition coefficient (Wildman–Crippen LogP) is 10.3. The predicted molar refractivity (Wildman–Crippen MR) is 186 cm³/mol. The number of aliphatic hydroxyl groups is 2. The van der Waals surface area contributed by atoms with Crippen molar-refractivity contribution in [3.63, 3.8) is 0 Å². The highest BCUT2D eigenvalue weighted by Crippen LogP contribution is 2.21. The first-order valence-electron chi connectivity index (χ1n) is 19.5. The third kappa shape index (κ3) is 24.2. The molecule has 252 valence electrons. The number of piperazine rings is 1. The van der Waals surface area contributed by atoms with Crippen LogP contribution in [0, 0.1) is 0 Å². The number of hydrogen-bond acceptors (Lipinski definition) is 4. The second kappa shape index (κ2) is 30.8. The van der Waals surface area contributed by atoms with E-state index in [-0.39, 0.29) is 6.61 Å². The highest BCUT2D eigenvalue weighted by molar-refractivity contribution is 4.80. The van der Waals surface area contributed by atoms with Gasteiger partial charge in [0.05, 0.1) is 12.7 Å². The molecular weight excluding hydrogens is 516 g/mol. The first kappa shape index (κ1) is 39.9. The Balaban J connectivity index is 2.06. The van der Waals surface area contributed by atoms with Crippen LogP contribution >= 0.6 is 0 Å². The van der Waals surface area contributed by atoms with Gasteiger partial charge in [0.25, 0.3) is 0 Å². The summed E-state index contributed by atoms with van der Waals surface area (Å²) in [5.74, 6) is 0. The summed E-state index contributed by atoms with van der Waals surface area (Å²) in [6.07, 6.45) is 39.4. The molecule has 0 amide bonds. The standard InChI is InChI=1S/C38H78N2O2/c1-3-5-7-9-11-12-13-14-15-16-17-18-19-20-21-22-24-26-28-30-37(29-27-25-23-10-8-6-4-2)40-33-31-39(32-34-40)35-38(42)36-41/h37-38,41-42H,3-36H2,1-2H3. The molecule has 4 heteroatoms. The Morgan fingerprint density at radius 1 is 0.452 bits per heavy atom. The van der Waals surface area contributed by atoms with E-state index >= 15 is 0 Å². The van der Waals surface area contributed by atoms with E-state index in [1.165, 1.54) is 180 Å². The van der Waals surface area contributed by atoms with Crippen LogP contribution in [-0.4, -0.2) is 71.5 Å². The Morgan fingerprint density at radius 3 is 1.07 bits per heavy atom. The van der Waals surface area contributed by atoms with Crippen molar-refractivity contribution in [1.29, 1.82) is 0 Å². The van der Waals surface area contributed by atoms with Crippen LogP contribution < -0.4 is 0 Å². The van der Waals surface area contributed by atoms with Crippen molar-refractivity contribution in [2.75, 3.05) is 39.3 Å².